The lowest BCUT2D eigenvalue weighted by Gasteiger charge is -2.30. The number of nitrogens with zero attached hydrogens (tertiary/aromatic N) is 1. The van der Waals surface area contributed by atoms with Crippen molar-refractivity contribution in [2.24, 2.45) is 11.1 Å². The molecule has 2 rings (SSSR count). The summed E-state index contributed by atoms with van der Waals surface area (Å²) >= 11 is 0. The molecule has 0 aliphatic carbocycles. The van der Waals surface area contributed by atoms with Gasteiger partial charge < -0.3 is 10.6 Å². The summed E-state index contributed by atoms with van der Waals surface area (Å²) in [5, 5.41) is 0. The summed E-state index contributed by atoms with van der Waals surface area (Å²) in [5.41, 5.74) is 5.63. The van der Waals surface area contributed by atoms with E-state index in [1.165, 1.54) is 0 Å². The summed E-state index contributed by atoms with van der Waals surface area (Å²) in [5.74, 6) is 0.301. The monoisotopic (exact) mass is 182 g/mol. The fraction of sp³-hybridized carbons (Fsp3) is 0.900. The maximum absolute atomic E-state index is 11.9. The third-order valence-electron chi connectivity index (χ3n) is 3.57. The third-order valence-corrected chi connectivity index (χ3v) is 3.57. The van der Waals surface area contributed by atoms with Gasteiger partial charge in [-0.2, -0.15) is 0 Å². The quantitative estimate of drug-likeness (QED) is 0.650. The second kappa shape index (κ2) is 2.47. The molecule has 74 valence electrons. The lowest BCUT2D eigenvalue weighted by atomic mass is 9.82. The summed E-state index contributed by atoms with van der Waals surface area (Å²) in [4.78, 5) is 14.0. The van der Waals surface area contributed by atoms with Gasteiger partial charge in [0.15, 0.2) is 0 Å². The van der Waals surface area contributed by atoms with E-state index in [0.29, 0.717) is 12.5 Å². The minimum absolute atomic E-state index is 0.0145. The molecule has 0 spiro atoms. The Kier molecular flexibility index (Phi) is 1.71. The van der Waals surface area contributed by atoms with Gasteiger partial charge in [-0.3, -0.25) is 4.79 Å². The highest BCUT2D eigenvalue weighted by Crippen LogP contribution is 2.47. The van der Waals surface area contributed by atoms with E-state index >= 15 is 0 Å². The highest BCUT2D eigenvalue weighted by Gasteiger charge is 2.55. The molecule has 2 aliphatic heterocycles. The summed E-state index contributed by atoms with van der Waals surface area (Å²) in [6.45, 7) is 5.61. The van der Waals surface area contributed by atoms with Crippen LogP contribution in [0.2, 0.25) is 0 Å². The number of hydrogen-bond acceptors (Lipinski definition) is 2. The summed E-state index contributed by atoms with van der Waals surface area (Å²) in [6.07, 6.45) is 3.16. The Morgan fingerprint density at radius 3 is 2.77 bits per heavy atom. The molecular formula is C10H18N2O. The highest BCUT2D eigenvalue weighted by atomic mass is 16.2. The van der Waals surface area contributed by atoms with Crippen molar-refractivity contribution in [2.75, 3.05) is 13.1 Å². The van der Waals surface area contributed by atoms with E-state index in [9.17, 15) is 4.79 Å². The number of carbonyl (C=O) groups excluding carboxylic acids is 1. The third kappa shape index (κ3) is 1.03. The van der Waals surface area contributed by atoms with Crippen LogP contribution in [0.15, 0.2) is 0 Å². The first kappa shape index (κ1) is 9.00. The van der Waals surface area contributed by atoms with E-state index < -0.39 is 0 Å². The van der Waals surface area contributed by atoms with Gasteiger partial charge in [0.1, 0.15) is 0 Å². The molecule has 2 heterocycles. The Bertz CT molecular complexity index is 249. The van der Waals surface area contributed by atoms with Crippen LogP contribution in [0.1, 0.15) is 33.1 Å². The van der Waals surface area contributed by atoms with Gasteiger partial charge in [0.05, 0.1) is 5.54 Å². The van der Waals surface area contributed by atoms with E-state index in [2.05, 4.69) is 0 Å². The first-order valence-electron chi connectivity index (χ1n) is 5.04. The van der Waals surface area contributed by atoms with E-state index in [0.717, 1.165) is 25.8 Å². The van der Waals surface area contributed by atoms with Crippen LogP contribution in [0.5, 0.6) is 0 Å². The molecule has 2 saturated heterocycles. The van der Waals surface area contributed by atoms with Crippen LogP contribution in [0.4, 0.5) is 0 Å². The lowest BCUT2D eigenvalue weighted by Crippen LogP contribution is -2.46. The number of hydrogen-bond donors (Lipinski definition) is 1. The molecule has 0 radical (unpaired) electrons. The average molecular weight is 182 g/mol. The van der Waals surface area contributed by atoms with Crippen LogP contribution in [0.3, 0.4) is 0 Å². The van der Waals surface area contributed by atoms with Gasteiger partial charge in [-0.25, -0.2) is 0 Å². The molecule has 0 unspecified atom stereocenters. The van der Waals surface area contributed by atoms with E-state index in [1.54, 1.807) is 0 Å². The predicted molar refractivity (Wildman–Crippen MR) is 51.1 cm³/mol. The maximum atomic E-state index is 11.9. The van der Waals surface area contributed by atoms with Crippen molar-refractivity contribution in [1.82, 2.24) is 4.90 Å². The van der Waals surface area contributed by atoms with Crippen LogP contribution in [-0.2, 0) is 4.79 Å². The van der Waals surface area contributed by atoms with E-state index in [1.807, 2.05) is 18.7 Å². The smallest absolute Gasteiger partial charge is 0.228 e. The van der Waals surface area contributed by atoms with Gasteiger partial charge in [-0.05, 0) is 19.3 Å². The molecule has 1 amide bonds. The van der Waals surface area contributed by atoms with E-state index in [4.69, 9.17) is 5.73 Å². The number of carbonyl (C=O) groups is 1. The molecule has 0 saturated carbocycles. The normalized spacial score (nSPS) is 36.8. The molecule has 0 aromatic heterocycles. The van der Waals surface area contributed by atoms with Gasteiger partial charge in [-0.1, -0.05) is 13.8 Å². The minimum Gasteiger partial charge on any atom is -0.335 e. The van der Waals surface area contributed by atoms with Gasteiger partial charge in [0.2, 0.25) is 5.91 Å². The number of amides is 1. The molecule has 3 heteroatoms. The van der Waals surface area contributed by atoms with Crippen LogP contribution in [0.25, 0.3) is 0 Å². The highest BCUT2D eigenvalue weighted by molar-refractivity contribution is 5.86. The Labute approximate surface area is 79.3 Å². The van der Waals surface area contributed by atoms with Crippen LogP contribution in [0, 0.1) is 5.41 Å². The van der Waals surface area contributed by atoms with Crippen molar-refractivity contribution in [1.29, 1.82) is 0 Å². The van der Waals surface area contributed by atoms with Crippen molar-refractivity contribution in [3.05, 3.63) is 0 Å². The van der Waals surface area contributed by atoms with Crippen molar-refractivity contribution in [3.63, 3.8) is 0 Å². The van der Waals surface area contributed by atoms with Gasteiger partial charge in [0.25, 0.3) is 0 Å². The lowest BCUT2D eigenvalue weighted by molar-refractivity contribution is -0.135. The zero-order valence-corrected chi connectivity index (χ0v) is 8.47. The molecule has 2 N–H and O–H groups in total. The number of fused-ring (bicyclic) bond motifs is 1. The topological polar surface area (TPSA) is 46.3 Å². The molecule has 13 heavy (non-hydrogen) atoms. The molecule has 2 aliphatic rings. The van der Waals surface area contributed by atoms with Crippen LogP contribution < -0.4 is 5.73 Å². The molecule has 0 bridgehead atoms. The Balaban J connectivity index is 2.34. The molecule has 1 atom stereocenters. The summed E-state index contributed by atoms with van der Waals surface area (Å²) in [6, 6.07) is 0. The van der Waals surface area contributed by atoms with Crippen LogP contribution in [-0.4, -0.2) is 29.4 Å². The average Bonchev–Trinajstić information content (AvgIpc) is 2.53. The van der Waals surface area contributed by atoms with Gasteiger partial charge in [-0.15, -0.1) is 0 Å². The summed E-state index contributed by atoms with van der Waals surface area (Å²) in [7, 11) is 0. The number of nitrogens with two attached hydrogens (primary N) is 1. The van der Waals surface area contributed by atoms with Crippen molar-refractivity contribution < 1.29 is 4.79 Å². The largest absolute Gasteiger partial charge is 0.335 e. The van der Waals surface area contributed by atoms with Crippen LogP contribution >= 0.6 is 0 Å². The minimum atomic E-state index is -0.181. The molecule has 2 fully saturated rings. The van der Waals surface area contributed by atoms with Gasteiger partial charge in [0, 0.05) is 18.5 Å². The second-order valence-corrected chi connectivity index (χ2v) is 5.05. The molecule has 0 aromatic rings. The van der Waals surface area contributed by atoms with Crippen molar-refractivity contribution >= 4 is 5.91 Å². The summed E-state index contributed by atoms with van der Waals surface area (Å²) < 4.78 is 0. The first-order valence-corrected chi connectivity index (χ1v) is 5.04. The Morgan fingerprint density at radius 1 is 1.54 bits per heavy atom. The number of rotatable bonds is 1. The van der Waals surface area contributed by atoms with Gasteiger partial charge >= 0.3 is 0 Å². The zero-order valence-electron chi connectivity index (χ0n) is 8.47. The second-order valence-electron chi connectivity index (χ2n) is 5.05. The standard InChI is InChI=1S/C10H18N2O/c1-9(2)6-10(7-11)4-3-5-12(10)8(9)13/h3-7,11H2,1-2H3/t10-/m0/s1. The molecule has 0 aromatic carbocycles. The SMILES string of the molecule is CC1(C)C[C@]2(CN)CCCN2C1=O. The fourth-order valence-electron chi connectivity index (χ4n) is 2.99. The van der Waals surface area contributed by atoms with E-state index in [-0.39, 0.29) is 11.0 Å². The predicted octanol–water partition coefficient (Wildman–Crippen LogP) is 0.736. The molecular weight excluding hydrogens is 164 g/mol. The van der Waals surface area contributed by atoms with Crippen molar-refractivity contribution in [2.45, 2.75) is 38.6 Å². The molecule has 3 nitrogen and oxygen atoms in total. The Hall–Kier alpha value is -0.570. The zero-order chi connectivity index (χ0) is 9.69. The first-order chi connectivity index (χ1) is 6.02. The maximum Gasteiger partial charge on any atom is 0.228 e. The van der Waals surface area contributed by atoms with Crippen molar-refractivity contribution in [3.8, 4) is 0 Å². The Morgan fingerprint density at radius 2 is 2.23 bits per heavy atom. The fourth-order valence-corrected chi connectivity index (χ4v) is 2.99.